The first-order valence-electron chi connectivity index (χ1n) is 10.8. The normalized spacial score (nSPS) is 14.1. The van der Waals surface area contributed by atoms with Crippen LogP contribution in [-0.4, -0.2) is 56.7 Å². The number of benzene rings is 2. The van der Waals surface area contributed by atoms with E-state index in [2.05, 4.69) is 11.4 Å². The van der Waals surface area contributed by atoms with E-state index < -0.39 is 0 Å². The molecule has 0 saturated carbocycles. The smallest absolute Gasteiger partial charge is 0.260 e. The van der Waals surface area contributed by atoms with Crippen LogP contribution >= 0.6 is 0 Å². The van der Waals surface area contributed by atoms with Crippen LogP contribution in [0.5, 0.6) is 17.2 Å². The number of nitrogens with one attached hydrogen (secondary N) is 1. The van der Waals surface area contributed by atoms with Crippen molar-refractivity contribution in [2.24, 2.45) is 0 Å². The Kier molecular flexibility index (Phi) is 7.62. The summed E-state index contributed by atoms with van der Waals surface area (Å²) < 4.78 is 16.4. The Morgan fingerprint density at radius 2 is 1.62 bits per heavy atom. The molecule has 1 aliphatic heterocycles. The molecule has 0 unspecified atom stereocenters. The van der Waals surface area contributed by atoms with Crippen molar-refractivity contribution in [2.45, 2.75) is 39.7 Å². The Morgan fingerprint density at radius 1 is 0.969 bits per heavy atom. The van der Waals surface area contributed by atoms with Crippen LogP contribution in [0.3, 0.4) is 0 Å². The van der Waals surface area contributed by atoms with E-state index >= 15 is 0 Å². The van der Waals surface area contributed by atoms with Gasteiger partial charge in [0, 0.05) is 24.7 Å². The second-order valence-corrected chi connectivity index (χ2v) is 8.14. The van der Waals surface area contributed by atoms with Crippen LogP contribution in [0.2, 0.25) is 0 Å². The Hall–Kier alpha value is -3.22. The number of carbonyl (C=O) groups is 2. The lowest BCUT2D eigenvalue weighted by Crippen LogP contribution is -2.47. The van der Waals surface area contributed by atoms with Crippen molar-refractivity contribution < 1.29 is 23.8 Å². The molecule has 2 aromatic rings. The molecule has 0 aliphatic carbocycles. The maximum atomic E-state index is 12.6. The van der Waals surface area contributed by atoms with Gasteiger partial charge in [-0.05, 0) is 68.5 Å². The Balaban J connectivity index is 1.50. The molecule has 1 N–H and O–H groups in total. The van der Waals surface area contributed by atoms with Crippen molar-refractivity contribution in [3.63, 3.8) is 0 Å². The van der Waals surface area contributed by atoms with E-state index in [0.717, 1.165) is 22.4 Å². The van der Waals surface area contributed by atoms with Gasteiger partial charge in [0.15, 0.2) is 18.1 Å². The molecular formula is C25H32N2O5. The predicted octanol–water partition coefficient (Wildman–Crippen LogP) is 3.43. The molecule has 1 saturated heterocycles. The van der Waals surface area contributed by atoms with E-state index in [0.29, 0.717) is 43.0 Å². The highest BCUT2D eigenvalue weighted by Crippen LogP contribution is 2.28. The molecular weight excluding hydrogens is 408 g/mol. The quantitative estimate of drug-likeness (QED) is 0.714. The zero-order chi connectivity index (χ0) is 23.3. The number of hydrogen-bond donors (Lipinski definition) is 1. The molecule has 172 valence electrons. The van der Waals surface area contributed by atoms with Crippen LogP contribution in [0, 0.1) is 20.8 Å². The summed E-state index contributed by atoms with van der Waals surface area (Å²) in [6.45, 7) is 7.22. The number of carbonyl (C=O) groups excluding carboxylic acids is 2. The van der Waals surface area contributed by atoms with E-state index in [1.165, 1.54) is 7.11 Å². The highest BCUT2D eigenvalue weighted by molar-refractivity contribution is 5.95. The third kappa shape index (κ3) is 5.33. The molecule has 0 spiro atoms. The van der Waals surface area contributed by atoms with E-state index in [4.69, 9.17) is 14.2 Å². The highest BCUT2D eigenvalue weighted by Gasteiger charge is 2.25. The number of ether oxygens (including phenoxy) is 3. The van der Waals surface area contributed by atoms with Gasteiger partial charge in [-0.3, -0.25) is 9.59 Å². The summed E-state index contributed by atoms with van der Waals surface area (Å²) in [5, 5.41) is 3.06. The Labute approximate surface area is 189 Å². The zero-order valence-electron chi connectivity index (χ0n) is 19.5. The summed E-state index contributed by atoms with van der Waals surface area (Å²) in [6.07, 6.45) is 1.40. The molecule has 3 rings (SSSR count). The largest absolute Gasteiger partial charge is 0.493 e. The highest BCUT2D eigenvalue weighted by atomic mass is 16.5. The van der Waals surface area contributed by atoms with Crippen LogP contribution in [0.25, 0.3) is 0 Å². The van der Waals surface area contributed by atoms with Crippen LogP contribution < -0.4 is 19.5 Å². The minimum absolute atomic E-state index is 0.0156. The minimum atomic E-state index is -0.163. The van der Waals surface area contributed by atoms with Gasteiger partial charge in [0.2, 0.25) is 0 Å². The maximum absolute atomic E-state index is 12.6. The number of nitrogens with zero attached hydrogens (tertiary/aromatic N) is 1. The number of amides is 2. The fourth-order valence-corrected chi connectivity index (χ4v) is 3.89. The topological polar surface area (TPSA) is 77.1 Å². The van der Waals surface area contributed by atoms with Crippen molar-refractivity contribution in [1.29, 1.82) is 0 Å². The molecule has 1 aliphatic rings. The van der Waals surface area contributed by atoms with E-state index in [-0.39, 0.29) is 24.5 Å². The summed E-state index contributed by atoms with van der Waals surface area (Å²) in [6, 6.07) is 9.17. The molecule has 7 heteroatoms. The zero-order valence-corrected chi connectivity index (χ0v) is 19.5. The lowest BCUT2D eigenvalue weighted by Gasteiger charge is -2.32. The fraction of sp³-hybridized carbons (Fsp3) is 0.440. The van der Waals surface area contributed by atoms with Gasteiger partial charge in [-0.1, -0.05) is 12.1 Å². The van der Waals surface area contributed by atoms with Crippen LogP contribution in [0.1, 0.15) is 39.9 Å². The second-order valence-electron chi connectivity index (χ2n) is 8.14. The summed E-state index contributed by atoms with van der Waals surface area (Å²) in [4.78, 5) is 27.1. The lowest BCUT2D eigenvalue weighted by atomic mass is 10.0. The van der Waals surface area contributed by atoms with Gasteiger partial charge in [0.25, 0.3) is 11.8 Å². The third-order valence-electron chi connectivity index (χ3n) is 6.04. The monoisotopic (exact) mass is 440 g/mol. The van der Waals surface area contributed by atoms with Gasteiger partial charge in [-0.15, -0.1) is 0 Å². The Bertz CT molecular complexity index is 981. The number of likely N-dealkylation sites (tertiary alicyclic amines) is 1. The molecule has 1 fully saturated rings. The van der Waals surface area contributed by atoms with E-state index in [9.17, 15) is 9.59 Å². The van der Waals surface area contributed by atoms with Crippen molar-refractivity contribution in [3.05, 3.63) is 52.6 Å². The molecule has 32 heavy (non-hydrogen) atoms. The second kappa shape index (κ2) is 10.4. The number of hydrogen-bond acceptors (Lipinski definition) is 5. The van der Waals surface area contributed by atoms with Crippen molar-refractivity contribution in [1.82, 2.24) is 10.2 Å². The third-order valence-corrected chi connectivity index (χ3v) is 6.04. The van der Waals surface area contributed by atoms with Gasteiger partial charge < -0.3 is 24.4 Å². The average molecular weight is 441 g/mol. The predicted molar refractivity (Wildman–Crippen MR) is 123 cm³/mol. The van der Waals surface area contributed by atoms with Crippen molar-refractivity contribution >= 4 is 11.8 Å². The van der Waals surface area contributed by atoms with E-state index in [1.807, 2.05) is 26.8 Å². The minimum Gasteiger partial charge on any atom is -0.493 e. The maximum Gasteiger partial charge on any atom is 0.260 e. The van der Waals surface area contributed by atoms with Crippen LogP contribution in [-0.2, 0) is 4.79 Å². The van der Waals surface area contributed by atoms with Gasteiger partial charge in [0.1, 0.15) is 5.75 Å². The standard InChI is InChI=1S/C25H32N2O5/c1-16-6-7-17(2)24(18(16)3)32-15-23(28)27-12-10-20(11-13-27)26-25(29)19-8-9-21(30-4)22(14-19)31-5/h6-9,14,20H,10-13,15H2,1-5H3,(H,26,29). The van der Waals surface area contributed by atoms with E-state index in [1.54, 1.807) is 30.2 Å². The summed E-state index contributed by atoms with van der Waals surface area (Å²) >= 11 is 0. The SMILES string of the molecule is COc1ccc(C(=O)NC2CCN(C(=O)COc3c(C)ccc(C)c3C)CC2)cc1OC. The first-order valence-corrected chi connectivity index (χ1v) is 10.8. The molecule has 0 bridgehead atoms. The molecule has 2 aromatic carbocycles. The lowest BCUT2D eigenvalue weighted by molar-refractivity contribution is -0.134. The Morgan fingerprint density at radius 3 is 2.28 bits per heavy atom. The van der Waals surface area contributed by atoms with Gasteiger partial charge in [-0.2, -0.15) is 0 Å². The number of rotatable bonds is 7. The van der Waals surface area contributed by atoms with Gasteiger partial charge >= 0.3 is 0 Å². The van der Waals surface area contributed by atoms with Crippen LogP contribution in [0.15, 0.2) is 30.3 Å². The molecule has 1 heterocycles. The summed E-state index contributed by atoms with van der Waals surface area (Å²) in [5.74, 6) is 1.68. The van der Waals surface area contributed by atoms with Gasteiger partial charge in [0.05, 0.1) is 14.2 Å². The number of piperidine rings is 1. The van der Waals surface area contributed by atoms with Crippen molar-refractivity contribution in [3.8, 4) is 17.2 Å². The molecule has 2 amide bonds. The molecule has 0 aromatic heterocycles. The fourth-order valence-electron chi connectivity index (χ4n) is 3.89. The molecule has 7 nitrogen and oxygen atoms in total. The summed E-state index contributed by atoms with van der Waals surface area (Å²) in [7, 11) is 3.10. The summed E-state index contributed by atoms with van der Waals surface area (Å²) in [5.41, 5.74) is 3.74. The van der Waals surface area contributed by atoms with Crippen LogP contribution in [0.4, 0.5) is 0 Å². The average Bonchev–Trinajstić information content (AvgIpc) is 2.81. The van der Waals surface area contributed by atoms with Gasteiger partial charge in [-0.25, -0.2) is 0 Å². The molecule has 0 radical (unpaired) electrons. The number of methoxy groups -OCH3 is 2. The first-order chi connectivity index (χ1) is 15.3. The number of aryl methyl sites for hydroxylation is 2. The molecule has 0 atom stereocenters. The van der Waals surface area contributed by atoms with Crippen molar-refractivity contribution in [2.75, 3.05) is 33.9 Å². The first kappa shape index (κ1) is 23.4.